The molecule has 0 bridgehead atoms. The van der Waals surface area contributed by atoms with Gasteiger partial charge in [-0.15, -0.1) is 0 Å². The van der Waals surface area contributed by atoms with Gasteiger partial charge in [0.2, 0.25) is 5.78 Å². The van der Waals surface area contributed by atoms with Gasteiger partial charge in [-0.25, -0.2) is 4.79 Å². The Labute approximate surface area is 145 Å². The van der Waals surface area contributed by atoms with Crippen LogP contribution in [0.3, 0.4) is 0 Å². The number of carbonyl (C=O) groups excluding carboxylic acids is 1. The summed E-state index contributed by atoms with van der Waals surface area (Å²) in [7, 11) is 0. The standard InChI is InChI=1S/C19H13F3O4/c1-11-8-18(24)26-17-9-12(6-7-13(11)17)25-10-16(23)14-4-2-3-5-15(14)19(20,21)22/h2-9H,10H2,1H3. The third kappa shape index (κ3) is 3.61. The van der Waals surface area contributed by atoms with Gasteiger partial charge in [0.15, 0.2) is 6.61 Å². The maximum Gasteiger partial charge on any atom is 0.417 e. The average Bonchev–Trinajstić information content (AvgIpc) is 2.58. The van der Waals surface area contributed by atoms with Gasteiger partial charge in [0.25, 0.3) is 0 Å². The highest BCUT2D eigenvalue weighted by molar-refractivity contribution is 5.98. The number of halogens is 3. The number of alkyl halides is 3. The fourth-order valence-electron chi connectivity index (χ4n) is 2.60. The van der Waals surface area contributed by atoms with Crippen LogP contribution in [-0.2, 0) is 6.18 Å². The molecule has 0 aliphatic heterocycles. The van der Waals surface area contributed by atoms with Gasteiger partial charge in [-0.1, -0.05) is 18.2 Å². The quantitative estimate of drug-likeness (QED) is 0.510. The Bertz CT molecular complexity index is 1030. The van der Waals surface area contributed by atoms with Gasteiger partial charge in [0.1, 0.15) is 11.3 Å². The molecule has 3 aromatic rings. The van der Waals surface area contributed by atoms with E-state index in [1.165, 1.54) is 24.3 Å². The van der Waals surface area contributed by atoms with Gasteiger partial charge in [0, 0.05) is 23.1 Å². The molecule has 0 saturated heterocycles. The topological polar surface area (TPSA) is 56.5 Å². The second-order valence-corrected chi connectivity index (χ2v) is 5.66. The van der Waals surface area contributed by atoms with E-state index < -0.39 is 35.3 Å². The number of hydrogen-bond donors (Lipinski definition) is 0. The van der Waals surface area contributed by atoms with E-state index in [-0.39, 0.29) is 11.3 Å². The molecule has 134 valence electrons. The van der Waals surface area contributed by atoms with Crippen molar-refractivity contribution in [2.45, 2.75) is 13.1 Å². The second kappa shape index (κ2) is 6.67. The highest BCUT2D eigenvalue weighted by Gasteiger charge is 2.34. The first-order chi connectivity index (χ1) is 12.3. The van der Waals surface area contributed by atoms with E-state index in [1.54, 1.807) is 19.1 Å². The summed E-state index contributed by atoms with van der Waals surface area (Å²) in [4.78, 5) is 23.6. The molecule has 2 aromatic carbocycles. The van der Waals surface area contributed by atoms with Crippen LogP contribution in [0, 0.1) is 6.92 Å². The number of ether oxygens (including phenoxy) is 1. The first-order valence-electron chi connectivity index (χ1n) is 7.62. The number of Topliss-reactive ketones (excluding diaryl/α,β-unsaturated/α-hetero) is 1. The maximum atomic E-state index is 13.0. The molecule has 0 N–H and O–H groups in total. The molecule has 7 heteroatoms. The van der Waals surface area contributed by atoms with Gasteiger partial charge in [-0.3, -0.25) is 4.79 Å². The van der Waals surface area contributed by atoms with Crippen LogP contribution in [0.2, 0.25) is 0 Å². The first-order valence-corrected chi connectivity index (χ1v) is 7.62. The third-order valence-corrected chi connectivity index (χ3v) is 3.83. The maximum absolute atomic E-state index is 13.0. The van der Waals surface area contributed by atoms with E-state index in [2.05, 4.69) is 0 Å². The summed E-state index contributed by atoms with van der Waals surface area (Å²) in [5.74, 6) is -0.590. The predicted molar refractivity (Wildman–Crippen MR) is 88.5 cm³/mol. The number of ketones is 1. The van der Waals surface area contributed by atoms with E-state index >= 15 is 0 Å². The van der Waals surface area contributed by atoms with Crippen molar-refractivity contribution >= 4 is 16.8 Å². The van der Waals surface area contributed by atoms with Crippen LogP contribution in [0.25, 0.3) is 11.0 Å². The Morgan fingerprint density at radius 1 is 1.12 bits per heavy atom. The minimum absolute atomic E-state index is 0.212. The van der Waals surface area contributed by atoms with E-state index in [0.29, 0.717) is 5.39 Å². The third-order valence-electron chi connectivity index (χ3n) is 3.83. The summed E-state index contributed by atoms with van der Waals surface area (Å²) in [6.45, 7) is 1.17. The molecule has 0 spiro atoms. The fourth-order valence-corrected chi connectivity index (χ4v) is 2.60. The van der Waals surface area contributed by atoms with Crippen molar-refractivity contribution in [2.24, 2.45) is 0 Å². The molecule has 4 nitrogen and oxygen atoms in total. The fraction of sp³-hybridized carbons (Fsp3) is 0.158. The zero-order valence-corrected chi connectivity index (χ0v) is 13.6. The van der Waals surface area contributed by atoms with Gasteiger partial charge >= 0.3 is 11.8 Å². The molecule has 0 fully saturated rings. The SMILES string of the molecule is Cc1cc(=O)oc2cc(OCC(=O)c3ccccc3C(F)(F)F)ccc12. The number of aryl methyl sites for hydroxylation is 1. The zero-order valence-electron chi connectivity index (χ0n) is 13.6. The smallest absolute Gasteiger partial charge is 0.417 e. The molecule has 0 atom stereocenters. The molecule has 1 heterocycles. The van der Waals surface area contributed by atoms with Crippen LogP contribution < -0.4 is 10.4 Å². The van der Waals surface area contributed by atoms with Gasteiger partial charge in [0.05, 0.1) is 5.56 Å². The number of benzene rings is 2. The van der Waals surface area contributed by atoms with Crippen molar-refractivity contribution in [1.29, 1.82) is 0 Å². The van der Waals surface area contributed by atoms with Crippen LogP contribution in [0.4, 0.5) is 13.2 Å². The van der Waals surface area contributed by atoms with Crippen LogP contribution in [-0.4, -0.2) is 12.4 Å². The van der Waals surface area contributed by atoms with E-state index in [0.717, 1.165) is 17.7 Å². The molecule has 0 aliphatic carbocycles. The molecular weight excluding hydrogens is 349 g/mol. The summed E-state index contributed by atoms with van der Waals surface area (Å²) in [5.41, 5.74) is -0.993. The molecule has 0 amide bonds. The zero-order chi connectivity index (χ0) is 18.9. The van der Waals surface area contributed by atoms with Gasteiger partial charge in [-0.05, 0) is 30.7 Å². The normalized spacial score (nSPS) is 11.5. The van der Waals surface area contributed by atoms with Crippen molar-refractivity contribution in [3.05, 3.63) is 75.6 Å². The molecular formula is C19H13F3O4. The Kier molecular flexibility index (Phi) is 4.54. The van der Waals surface area contributed by atoms with Crippen LogP contribution in [0.1, 0.15) is 21.5 Å². The van der Waals surface area contributed by atoms with E-state index in [1.807, 2.05) is 0 Å². The predicted octanol–water partition coefficient (Wildman–Crippen LogP) is 4.38. The minimum atomic E-state index is -4.63. The summed E-state index contributed by atoms with van der Waals surface area (Å²) < 4.78 is 49.3. The summed E-state index contributed by atoms with van der Waals surface area (Å²) >= 11 is 0. The lowest BCUT2D eigenvalue weighted by molar-refractivity contribution is -0.137. The van der Waals surface area contributed by atoms with E-state index in [9.17, 15) is 22.8 Å². The largest absolute Gasteiger partial charge is 0.485 e. The average molecular weight is 362 g/mol. The molecule has 0 saturated carbocycles. The van der Waals surface area contributed by atoms with Crippen molar-refractivity contribution in [2.75, 3.05) is 6.61 Å². The summed E-state index contributed by atoms with van der Waals surface area (Å²) in [6, 6.07) is 10.5. The van der Waals surface area contributed by atoms with Gasteiger partial charge < -0.3 is 9.15 Å². The lowest BCUT2D eigenvalue weighted by atomic mass is 10.0. The summed E-state index contributed by atoms with van der Waals surface area (Å²) in [5, 5.41) is 0.700. The molecule has 26 heavy (non-hydrogen) atoms. The van der Waals surface area contributed by atoms with Crippen molar-refractivity contribution < 1.29 is 27.1 Å². The lowest BCUT2D eigenvalue weighted by Crippen LogP contribution is -2.18. The van der Waals surface area contributed by atoms with Crippen molar-refractivity contribution in [1.82, 2.24) is 0 Å². The van der Waals surface area contributed by atoms with Crippen molar-refractivity contribution in [3.63, 3.8) is 0 Å². The number of carbonyl (C=O) groups is 1. The molecule has 0 radical (unpaired) electrons. The summed E-state index contributed by atoms with van der Waals surface area (Å²) in [6.07, 6.45) is -4.63. The number of rotatable bonds is 4. The first kappa shape index (κ1) is 17.7. The molecule has 0 unspecified atom stereocenters. The Morgan fingerprint density at radius 2 is 1.85 bits per heavy atom. The molecule has 3 rings (SSSR count). The number of fused-ring (bicyclic) bond motifs is 1. The Morgan fingerprint density at radius 3 is 2.58 bits per heavy atom. The number of hydrogen-bond acceptors (Lipinski definition) is 4. The van der Waals surface area contributed by atoms with Crippen LogP contribution in [0.5, 0.6) is 5.75 Å². The highest BCUT2D eigenvalue weighted by atomic mass is 19.4. The molecule has 1 aromatic heterocycles. The minimum Gasteiger partial charge on any atom is -0.485 e. The lowest BCUT2D eigenvalue weighted by Gasteiger charge is -2.12. The Hall–Kier alpha value is -3.09. The van der Waals surface area contributed by atoms with Gasteiger partial charge in [-0.2, -0.15) is 13.2 Å². The monoisotopic (exact) mass is 362 g/mol. The van der Waals surface area contributed by atoms with E-state index in [4.69, 9.17) is 9.15 Å². The Balaban J connectivity index is 1.83. The van der Waals surface area contributed by atoms with Crippen LogP contribution >= 0.6 is 0 Å². The van der Waals surface area contributed by atoms with Crippen LogP contribution in [0.15, 0.2) is 57.7 Å². The highest BCUT2D eigenvalue weighted by Crippen LogP contribution is 2.32. The second-order valence-electron chi connectivity index (χ2n) is 5.66. The van der Waals surface area contributed by atoms with Crippen molar-refractivity contribution in [3.8, 4) is 5.75 Å². The molecule has 0 aliphatic rings.